The number of piperidine rings is 1. The lowest BCUT2D eigenvalue weighted by molar-refractivity contribution is -0.122. The van der Waals surface area contributed by atoms with Gasteiger partial charge in [-0.3, -0.25) is 14.5 Å². The number of benzene rings is 1. The van der Waals surface area contributed by atoms with Crippen LogP contribution in [0.25, 0.3) is 10.1 Å². The number of amides is 2. The number of hydrogen-bond acceptors (Lipinski definition) is 4. The minimum absolute atomic E-state index is 0.00925. The summed E-state index contributed by atoms with van der Waals surface area (Å²) in [4.78, 5) is 26.5. The van der Waals surface area contributed by atoms with E-state index >= 15 is 0 Å². The Morgan fingerprint density at radius 3 is 2.75 bits per heavy atom. The minimum atomic E-state index is -0.296. The van der Waals surface area contributed by atoms with Gasteiger partial charge < -0.3 is 10.6 Å². The number of thiophene rings is 1. The van der Waals surface area contributed by atoms with Crippen molar-refractivity contribution >= 4 is 33.2 Å². The van der Waals surface area contributed by atoms with Crippen molar-refractivity contribution in [2.45, 2.75) is 18.9 Å². The molecule has 0 bridgehead atoms. The molecule has 2 N–H and O–H groups in total. The second-order valence-electron chi connectivity index (χ2n) is 5.99. The zero-order valence-electron chi connectivity index (χ0n) is 13.5. The first-order valence-corrected chi connectivity index (χ1v) is 8.79. The van der Waals surface area contributed by atoms with Crippen LogP contribution in [0.5, 0.6) is 0 Å². The first-order chi connectivity index (χ1) is 11.5. The van der Waals surface area contributed by atoms with Gasteiger partial charge in [-0.15, -0.1) is 11.3 Å². The summed E-state index contributed by atoms with van der Waals surface area (Å²) in [6.45, 7) is 1.98. The van der Waals surface area contributed by atoms with Crippen molar-refractivity contribution < 1.29 is 14.0 Å². The highest BCUT2D eigenvalue weighted by atomic mass is 32.1. The van der Waals surface area contributed by atoms with Gasteiger partial charge in [0.25, 0.3) is 5.91 Å². The van der Waals surface area contributed by atoms with Crippen LogP contribution in [0.1, 0.15) is 22.5 Å². The topological polar surface area (TPSA) is 61.4 Å². The quantitative estimate of drug-likeness (QED) is 0.887. The van der Waals surface area contributed by atoms with Crippen molar-refractivity contribution in [1.82, 2.24) is 15.5 Å². The molecule has 5 nitrogen and oxygen atoms in total. The first-order valence-electron chi connectivity index (χ1n) is 7.98. The third-order valence-electron chi connectivity index (χ3n) is 4.27. The smallest absolute Gasteiger partial charge is 0.261 e. The molecular formula is C17H20FN3O2S. The van der Waals surface area contributed by atoms with Gasteiger partial charge in [-0.1, -0.05) is 0 Å². The largest absolute Gasteiger partial charge is 0.358 e. The Bertz CT molecular complexity index is 753. The molecule has 0 radical (unpaired) electrons. The molecule has 0 spiro atoms. The lowest BCUT2D eigenvalue weighted by atomic mass is 10.0. The molecule has 0 atom stereocenters. The van der Waals surface area contributed by atoms with Gasteiger partial charge in [0.15, 0.2) is 0 Å². The van der Waals surface area contributed by atoms with Crippen molar-refractivity contribution in [2.75, 3.05) is 26.7 Å². The van der Waals surface area contributed by atoms with Gasteiger partial charge in [0.1, 0.15) is 5.82 Å². The molecule has 1 aliphatic heterocycles. The van der Waals surface area contributed by atoms with Crippen LogP contribution >= 0.6 is 11.3 Å². The van der Waals surface area contributed by atoms with E-state index in [0.29, 0.717) is 11.4 Å². The highest BCUT2D eigenvalue weighted by molar-refractivity contribution is 7.20. The number of fused-ring (bicyclic) bond motifs is 1. The fourth-order valence-corrected chi connectivity index (χ4v) is 3.85. The molecule has 1 aromatic heterocycles. The van der Waals surface area contributed by atoms with Crippen LogP contribution in [0.2, 0.25) is 0 Å². The van der Waals surface area contributed by atoms with Crippen molar-refractivity contribution in [3.63, 3.8) is 0 Å². The van der Waals surface area contributed by atoms with E-state index in [-0.39, 0.29) is 23.7 Å². The van der Waals surface area contributed by atoms with Crippen LogP contribution in [-0.4, -0.2) is 49.4 Å². The Morgan fingerprint density at radius 1 is 1.29 bits per heavy atom. The number of nitrogens with one attached hydrogen (secondary N) is 2. The first kappa shape index (κ1) is 16.9. The highest BCUT2D eigenvalue weighted by Gasteiger charge is 2.22. The zero-order chi connectivity index (χ0) is 17.1. The molecule has 1 aliphatic rings. The molecule has 3 rings (SSSR count). The van der Waals surface area contributed by atoms with Crippen molar-refractivity contribution in [3.8, 4) is 0 Å². The monoisotopic (exact) mass is 349 g/mol. The Balaban J connectivity index is 1.56. The van der Waals surface area contributed by atoms with E-state index in [1.807, 2.05) is 0 Å². The molecule has 2 heterocycles. The fraction of sp³-hybridized carbons (Fsp3) is 0.412. The molecule has 1 saturated heterocycles. The number of carbonyl (C=O) groups excluding carboxylic acids is 2. The van der Waals surface area contributed by atoms with Crippen molar-refractivity contribution in [3.05, 3.63) is 35.0 Å². The average molecular weight is 349 g/mol. The molecular weight excluding hydrogens is 329 g/mol. The summed E-state index contributed by atoms with van der Waals surface area (Å²) in [5.41, 5.74) is 0. The average Bonchev–Trinajstić information content (AvgIpc) is 2.99. The number of likely N-dealkylation sites (N-methyl/N-ethyl adjacent to an activating group) is 1. The summed E-state index contributed by atoms with van der Waals surface area (Å²) < 4.78 is 14.1. The Hall–Kier alpha value is -1.99. The van der Waals surface area contributed by atoms with Gasteiger partial charge in [0.2, 0.25) is 5.91 Å². The predicted octanol–water partition coefficient (Wildman–Crippen LogP) is 1.98. The Morgan fingerprint density at radius 2 is 2.04 bits per heavy atom. The molecule has 1 fully saturated rings. The van der Waals surface area contributed by atoms with Gasteiger partial charge in [0, 0.05) is 30.9 Å². The summed E-state index contributed by atoms with van der Waals surface area (Å²) in [6, 6.07) is 6.39. The van der Waals surface area contributed by atoms with Gasteiger partial charge in [-0.25, -0.2) is 4.39 Å². The van der Waals surface area contributed by atoms with Gasteiger partial charge in [-0.05, 0) is 42.5 Å². The van der Waals surface area contributed by atoms with Crippen LogP contribution < -0.4 is 10.6 Å². The van der Waals surface area contributed by atoms with Crippen LogP contribution in [0.3, 0.4) is 0 Å². The molecule has 2 aromatic rings. The van der Waals surface area contributed by atoms with Gasteiger partial charge in [-0.2, -0.15) is 0 Å². The summed E-state index contributed by atoms with van der Waals surface area (Å²) in [6.07, 6.45) is 1.64. The van der Waals surface area contributed by atoms with E-state index in [4.69, 9.17) is 0 Å². The van der Waals surface area contributed by atoms with Crippen LogP contribution in [-0.2, 0) is 4.79 Å². The van der Waals surface area contributed by atoms with Crippen LogP contribution in [0.15, 0.2) is 24.3 Å². The van der Waals surface area contributed by atoms with Crippen molar-refractivity contribution in [1.29, 1.82) is 0 Å². The molecule has 24 heavy (non-hydrogen) atoms. The second kappa shape index (κ2) is 7.27. The second-order valence-corrected chi connectivity index (χ2v) is 7.07. The third-order valence-corrected chi connectivity index (χ3v) is 5.39. The molecule has 7 heteroatoms. The standard InChI is InChI=1S/C17H20FN3O2S/c1-19-16(22)10-21-6-4-13(5-7-21)20-17(23)15-9-11-8-12(18)2-3-14(11)24-15/h2-3,8-9,13H,4-7,10H2,1H3,(H,19,22)(H,20,23). The van der Waals surface area contributed by atoms with E-state index in [1.54, 1.807) is 19.2 Å². The minimum Gasteiger partial charge on any atom is -0.358 e. The van der Waals surface area contributed by atoms with E-state index < -0.39 is 0 Å². The van der Waals surface area contributed by atoms with Gasteiger partial charge in [0.05, 0.1) is 11.4 Å². The predicted molar refractivity (Wildman–Crippen MR) is 92.8 cm³/mol. The maximum atomic E-state index is 13.2. The van der Waals surface area contributed by atoms with Crippen LogP contribution in [0, 0.1) is 5.82 Å². The van der Waals surface area contributed by atoms with E-state index in [1.165, 1.54) is 23.5 Å². The SMILES string of the molecule is CNC(=O)CN1CCC(NC(=O)c2cc3cc(F)ccc3s2)CC1. The normalized spacial score (nSPS) is 16.2. The van der Waals surface area contributed by atoms with Crippen molar-refractivity contribution in [2.24, 2.45) is 0 Å². The maximum Gasteiger partial charge on any atom is 0.261 e. The lowest BCUT2D eigenvalue weighted by Gasteiger charge is -2.31. The number of halogens is 1. The van der Waals surface area contributed by atoms with Crippen LogP contribution in [0.4, 0.5) is 4.39 Å². The summed E-state index contributed by atoms with van der Waals surface area (Å²) in [5.74, 6) is -0.396. The number of likely N-dealkylation sites (tertiary alicyclic amines) is 1. The zero-order valence-corrected chi connectivity index (χ0v) is 14.3. The van der Waals surface area contributed by atoms with E-state index in [0.717, 1.165) is 36.0 Å². The number of rotatable bonds is 4. The molecule has 128 valence electrons. The van der Waals surface area contributed by atoms with Gasteiger partial charge >= 0.3 is 0 Å². The number of nitrogens with zero attached hydrogens (tertiary/aromatic N) is 1. The van der Waals surface area contributed by atoms with E-state index in [2.05, 4.69) is 15.5 Å². The number of carbonyl (C=O) groups is 2. The van der Waals surface area contributed by atoms with E-state index in [9.17, 15) is 14.0 Å². The Labute approximate surface area is 143 Å². The summed E-state index contributed by atoms with van der Waals surface area (Å²) >= 11 is 1.37. The molecule has 0 saturated carbocycles. The molecule has 2 amide bonds. The molecule has 1 aromatic carbocycles. The maximum absolute atomic E-state index is 13.2. The fourth-order valence-electron chi connectivity index (χ4n) is 2.90. The Kier molecular flexibility index (Phi) is 5.11. The molecule has 0 unspecified atom stereocenters. The lowest BCUT2D eigenvalue weighted by Crippen LogP contribution is -2.47. The summed E-state index contributed by atoms with van der Waals surface area (Å²) in [7, 11) is 1.63. The highest BCUT2D eigenvalue weighted by Crippen LogP contribution is 2.26. The third kappa shape index (κ3) is 3.91. The summed E-state index contributed by atoms with van der Waals surface area (Å²) in [5, 5.41) is 6.42. The number of hydrogen-bond donors (Lipinski definition) is 2. The molecule has 0 aliphatic carbocycles.